The van der Waals surface area contributed by atoms with Gasteiger partial charge < -0.3 is 0 Å². The molecule has 0 aromatic carbocycles. The molecule has 0 aromatic heterocycles. The summed E-state index contributed by atoms with van der Waals surface area (Å²) in [4.78, 5) is 0. The number of hydrogen-bond acceptors (Lipinski definition) is 2. The predicted molar refractivity (Wildman–Crippen MR) is 39.4 cm³/mol. The van der Waals surface area contributed by atoms with Gasteiger partial charge in [0.15, 0.2) is 0 Å². The van der Waals surface area contributed by atoms with Crippen LogP contribution in [0.5, 0.6) is 0 Å². The topological polar surface area (TPSA) is 24.7 Å². The maximum absolute atomic E-state index is 3.95. The van der Waals surface area contributed by atoms with Gasteiger partial charge in [0.25, 0.3) is 0 Å². The fourth-order valence-corrected chi connectivity index (χ4v) is 0.264. The van der Waals surface area contributed by atoms with Crippen LogP contribution in [-0.4, -0.2) is 6.04 Å². The Hall–Kier alpha value is -0.660. The first-order valence-electron chi connectivity index (χ1n) is 3.20. The molecule has 2 heteroatoms. The molecule has 0 N–H and O–H groups in total. The van der Waals surface area contributed by atoms with Crippen LogP contribution in [0.4, 0.5) is 0 Å². The largest absolute Gasteiger partial charge is 0.186 e. The maximum atomic E-state index is 3.95. The second-order valence-electron chi connectivity index (χ2n) is 2.24. The molecular formula is C7H14N2. The van der Waals surface area contributed by atoms with E-state index in [4.69, 9.17) is 0 Å². The van der Waals surface area contributed by atoms with Gasteiger partial charge in [0.1, 0.15) is 0 Å². The van der Waals surface area contributed by atoms with Crippen molar-refractivity contribution >= 4 is 0 Å². The van der Waals surface area contributed by atoms with E-state index in [9.17, 15) is 0 Å². The Morgan fingerprint density at radius 2 is 2.00 bits per heavy atom. The summed E-state index contributed by atoms with van der Waals surface area (Å²) in [6.45, 7) is 7.90. The Morgan fingerprint density at radius 1 is 1.44 bits per heavy atom. The van der Waals surface area contributed by atoms with Crippen LogP contribution < -0.4 is 0 Å². The third kappa shape index (κ3) is 5.21. The molecule has 0 atom stereocenters. The van der Waals surface area contributed by atoms with E-state index < -0.39 is 0 Å². The quantitative estimate of drug-likeness (QED) is 0.508. The van der Waals surface area contributed by atoms with E-state index in [-0.39, 0.29) is 0 Å². The number of nitrogens with zero attached hydrogens (tertiary/aromatic N) is 2. The summed E-state index contributed by atoms with van der Waals surface area (Å²) in [5.74, 6) is 0. The van der Waals surface area contributed by atoms with E-state index in [0.29, 0.717) is 6.04 Å². The average Bonchev–Trinajstić information content (AvgIpc) is 1.83. The number of hydrogen-bond donors (Lipinski definition) is 0. The van der Waals surface area contributed by atoms with Crippen molar-refractivity contribution in [3.05, 3.63) is 11.8 Å². The molecule has 0 bridgehead atoms. The molecule has 0 fully saturated rings. The molecule has 0 unspecified atom stereocenters. The lowest BCUT2D eigenvalue weighted by atomic mass is 10.4. The Morgan fingerprint density at radius 3 is 2.33 bits per heavy atom. The third-order valence-corrected chi connectivity index (χ3v) is 0.864. The molecule has 0 saturated heterocycles. The molecule has 2 nitrogen and oxygen atoms in total. The van der Waals surface area contributed by atoms with Gasteiger partial charge in [0.05, 0.1) is 11.7 Å². The molecule has 0 aliphatic heterocycles. The molecule has 0 radical (unpaired) electrons. The minimum Gasteiger partial charge on any atom is -0.186 e. The highest BCUT2D eigenvalue weighted by Crippen LogP contribution is 1.96. The van der Waals surface area contributed by atoms with E-state index in [1.807, 2.05) is 33.8 Å². The molecule has 52 valence electrons. The zero-order valence-electron chi connectivity index (χ0n) is 6.55. The van der Waals surface area contributed by atoms with Gasteiger partial charge >= 0.3 is 0 Å². The fraction of sp³-hybridized carbons (Fsp3) is 0.714. The van der Waals surface area contributed by atoms with Gasteiger partial charge in [0, 0.05) is 0 Å². The standard InChI is InChI=1S/C7H14N2/c1-5-7(4)9-8-6(2)3/h5-6H,1-4H3. The number of rotatable bonds is 2. The van der Waals surface area contributed by atoms with Crippen LogP contribution in [0.25, 0.3) is 0 Å². The van der Waals surface area contributed by atoms with Crippen molar-refractivity contribution in [3.8, 4) is 0 Å². The van der Waals surface area contributed by atoms with Crippen LogP contribution in [0.3, 0.4) is 0 Å². The van der Waals surface area contributed by atoms with E-state index in [1.54, 1.807) is 0 Å². The van der Waals surface area contributed by atoms with Crippen LogP contribution in [0.15, 0.2) is 22.0 Å². The highest BCUT2D eigenvalue weighted by molar-refractivity contribution is 4.90. The molecule has 9 heavy (non-hydrogen) atoms. The van der Waals surface area contributed by atoms with E-state index in [0.717, 1.165) is 5.70 Å². The minimum absolute atomic E-state index is 0.305. The lowest BCUT2D eigenvalue weighted by molar-refractivity contribution is 0.766. The van der Waals surface area contributed by atoms with Crippen molar-refractivity contribution in [2.75, 3.05) is 0 Å². The lowest BCUT2D eigenvalue weighted by Crippen LogP contribution is -1.84. The molecule has 0 heterocycles. The smallest absolute Gasteiger partial charge is 0.0656 e. The Kier molecular flexibility index (Phi) is 3.93. The summed E-state index contributed by atoms with van der Waals surface area (Å²) in [5, 5.41) is 7.88. The molecule has 0 rings (SSSR count). The van der Waals surface area contributed by atoms with Crippen LogP contribution in [0.2, 0.25) is 0 Å². The van der Waals surface area contributed by atoms with Gasteiger partial charge in [-0.15, -0.1) is 0 Å². The van der Waals surface area contributed by atoms with E-state index in [2.05, 4.69) is 10.2 Å². The van der Waals surface area contributed by atoms with Gasteiger partial charge in [-0.05, 0) is 27.7 Å². The van der Waals surface area contributed by atoms with Crippen molar-refractivity contribution < 1.29 is 0 Å². The van der Waals surface area contributed by atoms with Gasteiger partial charge in [-0.25, -0.2) is 0 Å². The summed E-state index contributed by atoms with van der Waals surface area (Å²) in [5.41, 5.74) is 0.976. The van der Waals surface area contributed by atoms with Gasteiger partial charge in [0.2, 0.25) is 0 Å². The molecule has 0 aromatic rings. The number of azo groups is 1. The molecule has 0 aliphatic carbocycles. The van der Waals surface area contributed by atoms with Crippen molar-refractivity contribution in [1.29, 1.82) is 0 Å². The number of allylic oxidation sites excluding steroid dienone is 2. The first-order chi connectivity index (χ1) is 4.16. The Bertz CT molecular complexity index is 123. The van der Waals surface area contributed by atoms with Gasteiger partial charge in [-0.1, -0.05) is 6.08 Å². The summed E-state index contributed by atoms with van der Waals surface area (Å²) < 4.78 is 0. The highest BCUT2D eigenvalue weighted by Gasteiger charge is 1.84. The van der Waals surface area contributed by atoms with Crippen molar-refractivity contribution in [2.24, 2.45) is 10.2 Å². The van der Waals surface area contributed by atoms with Gasteiger partial charge in [-0.3, -0.25) is 0 Å². The predicted octanol–water partition coefficient (Wildman–Crippen LogP) is 2.77. The first-order valence-corrected chi connectivity index (χ1v) is 3.20. The first kappa shape index (κ1) is 8.34. The zero-order chi connectivity index (χ0) is 7.28. The Labute approximate surface area is 56.7 Å². The second kappa shape index (κ2) is 4.24. The molecule has 0 aliphatic rings. The summed E-state index contributed by atoms with van der Waals surface area (Å²) in [6.07, 6.45) is 1.94. The van der Waals surface area contributed by atoms with E-state index >= 15 is 0 Å². The van der Waals surface area contributed by atoms with Crippen LogP contribution in [-0.2, 0) is 0 Å². The molecular weight excluding hydrogens is 112 g/mol. The average molecular weight is 126 g/mol. The summed E-state index contributed by atoms with van der Waals surface area (Å²) in [7, 11) is 0. The fourth-order valence-electron chi connectivity index (χ4n) is 0.264. The normalized spacial score (nSPS) is 13.7. The monoisotopic (exact) mass is 126 g/mol. The third-order valence-electron chi connectivity index (χ3n) is 0.864. The highest BCUT2D eigenvalue weighted by atomic mass is 15.1. The van der Waals surface area contributed by atoms with Crippen molar-refractivity contribution in [1.82, 2.24) is 0 Å². The zero-order valence-corrected chi connectivity index (χ0v) is 6.55. The lowest BCUT2D eigenvalue weighted by Gasteiger charge is -1.91. The maximum Gasteiger partial charge on any atom is 0.0656 e. The minimum atomic E-state index is 0.305. The summed E-state index contributed by atoms with van der Waals surface area (Å²) in [6, 6.07) is 0.305. The van der Waals surface area contributed by atoms with Crippen LogP contribution in [0, 0.1) is 0 Å². The second-order valence-corrected chi connectivity index (χ2v) is 2.24. The molecule has 0 saturated carbocycles. The molecule has 0 spiro atoms. The van der Waals surface area contributed by atoms with Crippen LogP contribution >= 0.6 is 0 Å². The van der Waals surface area contributed by atoms with Crippen LogP contribution in [0.1, 0.15) is 27.7 Å². The van der Waals surface area contributed by atoms with Crippen molar-refractivity contribution in [3.63, 3.8) is 0 Å². The summed E-state index contributed by atoms with van der Waals surface area (Å²) >= 11 is 0. The van der Waals surface area contributed by atoms with Gasteiger partial charge in [-0.2, -0.15) is 10.2 Å². The Balaban J connectivity index is 3.71. The van der Waals surface area contributed by atoms with Crippen molar-refractivity contribution in [2.45, 2.75) is 33.7 Å². The van der Waals surface area contributed by atoms with E-state index in [1.165, 1.54) is 0 Å². The molecule has 0 amide bonds. The SMILES string of the molecule is CC=C(C)N=NC(C)C.